The van der Waals surface area contributed by atoms with Crippen LogP contribution in [0.4, 0.5) is 0 Å². The van der Waals surface area contributed by atoms with Gasteiger partial charge in [-0.25, -0.2) is 0 Å². The van der Waals surface area contributed by atoms with Gasteiger partial charge in [-0.15, -0.1) is 0 Å². The molecule has 13 heavy (non-hydrogen) atoms. The molecule has 0 radical (unpaired) electrons. The van der Waals surface area contributed by atoms with Crippen LogP contribution in [0.25, 0.3) is 0 Å². The number of allylic oxidation sites excluding steroid dienone is 7. The van der Waals surface area contributed by atoms with E-state index in [0.717, 1.165) is 6.29 Å². The predicted molar refractivity (Wildman–Crippen MR) is 56.3 cm³/mol. The highest BCUT2D eigenvalue weighted by Gasteiger charge is 1.92. The van der Waals surface area contributed by atoms with Crippen LogP contribution in [0.5, 0.6) is 0 Å². The van der Waals surface area contributed by atoms with Crippen LogP contribution < -0.4 is 0 Å². The summed E-state index contributed by atoms with van der Waals surface area (Å²) >= 11 is 0. The van der Waals surface area contributed by atoms with E-state index < -0.39 is 0 Å². The molecule has 0 saturated heterocycles. The molecule has 70 valence electrons. The van der Waals surface area contributed by atoms with Gasteiger partial charge in [-0.3, -0.25) is 4.79 Å². The number of carbonyl (C=O) groups is 1. The minimum absolute atomic E-state index is 0.642. The van der Waals surface area contributed by atoms with Crippen LogP contribution in [-0.2, 0) is 4.79 Å². The highest BCUT2D eigenvalue weighted by molar-refractivity contribution is 5.72. The topological polar surface area (TPSA) is 20.3 Å². The summed E-state index contributed by atoms with van der Waals surface area (Å²) in [5.74, 6) is 0. The van der Waals surface area contributed by atoms with E-state index in [2.05, 4.69) is 6.58 Å². The van der Waals surface area contributed by atoms with Gasteiger partial charge in [-0.2, -0.15) is 0 Å². The summed E-state index contributed by atoms with van der Waals surface area (Å²) in [7, 11) is 3.65. The fourth-order valence-electron chi connectivity index (χ4n) is 0.655. The largest absolute Gasteiger partial charge is 0.375 e. The first-order valence-corrected chi connectivity index (χ1v) is 4.01. The number of nitrogens with zero attached hydrogens (tertiary/aromatic N) is 1. The molecular weight excluding hydrogens is 162 g/mol. The van der Waals surface area contributed by atoms with E-state index in [9.17, 15) is 4.79 Å². The van der Waals surface area contributed by atoms with Gasteiger partial charge < -0.3 is 4.90 Å². The molecule has 0 bridgehead atoms. The molecule has 0 aromatic rings. The van der Waals surface area contributed by atoms with Crippen molar-refractivity contribution in [3.05, 3.63) is 48.7 Å². The third-order valence-corrected chi connectivity index (χ3v) is 1.37. The van der Waals surface area contributed by atoms with Crippen molar-refractivity contribution in [2.75, 3.05) is 14.1 Å². The van der Waals surface area contributed by atoms with Gasteiger partial charge in [0.05, 0.1) is 5.70 Å². The van der Waals surface area contributed by atoms with E-state index >= 15 is 0 Å². The molecule has 0 aliphatic rings. The van der Waals surface area contributed by atoms with Crippen LogP contribution in [-0.4, -0.2) is 25.3 Å². The number of rotatable bonds is 5. The molecule has 0 heterocycles. The fraction of sp³-hybridized carbons (Fsp3) is 0.182. The Morgan fingerprint density at radius 3 is 2.23 bits per heavy atom. The summed E-state index contributed by atoms with van der Waals surface area (Å²) in [6.07, 6.45) is 11.6. The Morgan fingerprint density at radius 2 is 1.77 bits per heavy atom. The van der Waals surface area contributed by atoms with E-state index in [1.165, 1.54) is 0 Å². The van der Waals surface area contributed by atoms with Gasteiger partial charge in [0.1, 0.15) is 0 Å². The van der Waals surface area contributed by atoms with Gasteiger partial charge >= 0.3 is 0 Å². The smallest absolute Gasteiger partial charge is 0.166 e. The molecule has 0 aliphatic carbocycles. The van der Waals surface area contributed by atoms with Crippen molar-refractivity contribution in [3.63, 3.8) is 0 Å². The Kier molecular flexibility index (Phi) is 6.24. The predicted octanol–water partition coefficient (Wildman–Crippen LogP) is 1.93. The summed E-state index contributed by atoms with van der Waals surface area (Å²) < 4.78 is 0. The van der Waals surface area contributed by atoms with Crippen LogP contribution in [0, 0.1) is 0 Å². The van der Waals surface area contributed by atoms with E-state index in [0.29, 0.717) is 5.70 Å². The van der Waals surface area contributed by atoms with Crippen LogP contribution in [0.1, 0.15) is 0 Å². The minimum atomic E-state index is 0.642. The molecule has 0 atom stereocenters. The molecule has 0 unspecified atom stereocenters. The monoisotopic (exact) mass is 177 g/mol. The van der Waals surface area contributed by atoms with Gasteiger partial charge in [0, 0.05) is 14.1 Å². The molecule has 0 saturated carbocycles. The number of likely N-dealkylation sites (N-methyl/N-ethyl adjacent to an activating group) is 1. The normalized spacial score (nSPS) is 12.3. The first kappa shape index (κ1) is 11.4. The SMILES string of the molecule is C=CC=CC=CC=C(C=O)N(C)C. The minimum Gasteiger partial charge on any atom is -0.375 e. The third-order valence-electron chi connectivity index (χ3n) is 1.37. The lowest BCUT2D eigenvalue weighted by molar-refractivity contribution is -0.105. The fourth-order valence-corrected chi connectivity index (χ4v) is 0.655. The Hall–Kier alpha value is -1.57. The molecule has 0 spiro atoms. The number of aldehydes is 1. The van der Waals surface area contributed by atoms with Crippen molar-refractivity contribution in [1.82, 2.24) is 4.90 Å². The van der Waals surface area contributed by atoms with Crippen molar-refractivity contribution < 1.29 is 4.79 Å². The van der Waals surface area contributed by atoms with Gasteiger partial charge in [0.25, 0.3) is 0 Å². The maximum absolute atomic E-state index is 10.5. The van der Waals surface area contributed by atoms with Crippen LogP contribution in [0.15, 0.2) is 48.7 Å². The molecule has 0 aliphatic heterocycles. The molecule has 2 heteroatoms. The molecule has 2 nitrogen and oxygen atoms in total. The lowest BCUT2D eigenvalue weighted by Crippen LogP contribution is -2.11. The van der Waals surface area contributed by atoms with Gasteiger partial charge in [0.15, 0.2) is 6.29 Å². The lowest BCUT2D eigenvalue weighted by Gasteiger charge is -2.09. The summed E-state index contributed by atoms with van der Waals surface area (Å²) in [6.45, 7) is 3.54. The second-order valence-electron chi connectivity index (χ2n) is 2.61. The van der Waals surface area contributed by atoms with E-state index in [1.807, 2.05) is 38.4 Å². The quantitative estimate of drug-likeness (QED) is 0.363. The van der Waals surface area contributed by atoms with E-state index in [-0.39, 0.29) is 0 Å². The zero-order valence-electron chi connectivity index (χ0n) is 8.10. The molecule has 0 fully saturated rings. The third kappa shape index (κ3) is 5.67. The highest BCUT2D eigenvalue weighted by Crippen LogP contribution is 1.94. The van der Waals surface area contributed by atoms with E-state index in [1.54, 1.807) is 17.1 Å². The van der Waals surface area contributed by atoms with Crippen molar-refractivity contribution in [1.29, 1.82) is 0 Å². The molecule has 0 N–H and O–H groups in total. The molecule has 0 aromatic heterocycles. The average molecular weight is 177 g/mol. The standard InChI is InChI=1S/C11H15NO/c1-4-5-6-7-8-9-11(10-13)12(2)3/h4-10H,1H2,2-3H3. The van der Waals surface area contributed by atoms with Gasteiger partial charge in [0.2, 0.25) is 0 Å². The summed E-state index contributed by atoms with van der Waals surface area (Å²) in [5, 5.41) is 0. The average Bonchev–Trinajstić information content (AvgIpc) is 2.10. The highest BCUT2D eigenvalue weighted by atomic mass is 16.1. The Balaban J connectivity index is 4.21. The summed E-state index contributed by atoms with van der Waals surface area (Å²) in [4.78, 5) is 12.2. The second kappa shape index (κ2) is 7.10. The maximum atomic E-state index is 10.5. The zero-order valence-corrected chi connectivity index (χ0v) is 8.10. The number of hydrogen-bond donors (Lipinski definition) is 0. The maximum Gasteiger partial charge on any atom is 0.166 e. The van der Waals surface area contributed by atoms with Crippen molar-refractivity contribution in [3.8, 4) is 0 Å². The Labute approximate surface area is 79.6 Å². The lowest BCUT2D eigenvalue weighted by atomic mass is 10.3. The van der Waals surface area contributed by atoms with Crippen molar-refractivity contribution in [2.24, 2.45) is 0 Å². The first-order valence-electron chi connectivity index (χ1n) is 4.01. The molecule has 0 rings (SSSR count). The zero-order chi connectivity index (χ0) is 10.1. The van der Waals surface area contributed by atoms with Crippen molar-refractivity contribution in [2.45, 2.75) is 0 Å². The Bertz CT molecular complexity index is 247. The van der Waals surface area contributed by atoms with Crippen LogP contribution in [0.2, 0.25) is 0 Å². The number of hydrogen-bond acceptors (Lipinski definition) is 2. The summed E-state index contributed by atoms with van der Waals surface area (Å²) in [5.41, 5.74) is 0.642. The Morgan fingerprint density at radius 1 is 1.15 bits per heavy atom. The van der Waals surface area contributed by atoms with Crippen LogP contribution in [0.3, 0.4) is 0 Å². The number of carbonyl (C=O) groups excluding carboxylic acids is 1. The molecule has 0 aromatic carbocycles. The second-order valence-corrected chi connectivity index (χ2v) is 2.61. The molecule has 0 amide bonds. The first-order chi connectivity index (χ1) is 6.22. The van der Waals surface area contributed by atoms with Gasteiger partial charge in [-0.05, 0) is 6.08 Å². The van der Waals surface area contributed by atoms with E-state index in [4.69, 9.17) is 0 Å². The van der Waals surface area contributed by atoms with Crippen molar-refractivity contribution >= 4 is 6.29 Å². The van der Waals surface area contributed by atoms with Gasteiger partial charge in [-0.1, -0.05) is 37.0 Å². The molecular formula is C11H15NO. The van der Waals surface area contributed by atoms with Crippen LogP contribution >= 0.6 is 0 Å². The summed E-state index contributed by atoms with van der Waals surface area (Å²) in [6, 6.07) is 0.